The Morgan fingerprint density at radius 3 is 2.42 bits per heavy atom. The third-order valence-corrected chi connectivity index (χ3v) is 5.95. The number of hydrogen-bond acceptors (Lipinski definition) is 7. The van der Waals surface area contributed by atoms with E-state index in [9.17, 15) is 14.7 Å². The lowest BCUT2D eigenvalue weighted by Crippen LogP contribution is -2.29. The summed E-state index contributed by atoms with van der Waals surface area (Å²) in [6.45, 7) is 2.70. The summed E-state index contributed by atoms with van der Waals surface area (Å²) < 4.78 is 16.6. The van der Waals surface area contributed by atoms with Gasteiger partial charge in [0.05, 0.1) is 32.4 Å². The summed E-state index contributed by atoms with van der Waals surface area (Å²) in [5.41, 5.74) is 1.62. The molecule has 1 fully saturated rings. The molecular weight excluding hydrogens is 460 g/mol. The number of Topliss-reactive ketones (excluding diaryl/α,β-unsaturated/α-hetero) is 1. The Bertz CT molecular complexity index is 1270. The van der Waals surface area contributed by atoms with Crippen LogP contribution in [0.4, 0.5) is 0 Å². The number of amides is 1. The zero-order chi connectivity index (χ0) is 25.7. The number of aromatic nitrogens is 1. The number of ketones is 1. The van der Waals surface area contributed by atoms with E-state index < -0.39 is 17.7 Å². The van der Waals surface area contributed by atoms with Crippen molar-refractivity contribution in [3.8, 4) is 17.2 Å². The maximum Gasteiger partial charge on any atom is 0.295 e. The molecule has 4 rings (SSSR count). The number of rotatable bonds is 9. The van der Waals surface area contributed by atoms with E-state index in [0.717, 1.165) is 12.0 Å². The van der Waals surface area contributed by atoms with E-state index in [0.29, 0.717) is 35.0 Å². The van der Waals surface area contributed by atoms with Crippen molar-refractivity contribution >= 4 is 17.4 Å². The Hall–Kier alpha value is -4.33. The molecule has 1 amide bonds. The molecule has 0 spiro atoms. The first kappa shape index (κ1) is 24.8. The predicted molar refractivity (Wildman–Crippen MR) is 134 cm³/mol. The molecule has 8 heteroatoms. The Morgan fingerprint density at radius 1 is 1.03 bits per heavy atom. The van der Waals surface area contributed by atoms with Crippen molar-refractivity contribution < 1.29 is 28.9 Å². The minimum atomic E-state index is -0.911. The Kier molecular flexibility index (Phi) is 7.53. The average Bonchev–Trinajstić information content (AvgIpc) is 3.16. The van der Waals surface area contributed by atoms with Crippen LogP contribution in [0.2, 0.25) is 0 Å². The molecule has 186 valence electrons. The van der Waals surface area contributed by atoms with Gasteiger partial charge in [-0.1, -0.05) is 13.0 Å². The molecule has 0 saturated carbocycles. The van der Waals surface area contributed by atoms with Crippen LogP contribution in [0.15, 0.2) is 72.6 Å². The van der Waals surface area contributed by atoms with E-state index in [1.807, 2.05) is 13.0 Å². The molecular formula is C28H28N2O6. The number of likely N-dealkylation sites (tertiary alicyclic amines) is 1. The summed E-state index contributed by atoms with van der Waals surface area (Å²) in [5, 5.41) is 11.3. The Labute approximate surface area is 209 Å². The van der Waals surface area contributed by atoms with Gasteiger partial charge in [-0.2, -0.15) is 0 Å². The number of benzene rings is 2. The molecule has 3 aromatic rings. The van der Waals surface area contributed by atoms with Crippen molar-refractivity contribution in [2.24, 2.45) is 0 Å². The van der Waals surface area contributed by atoms with Gasteiger partial charge in [-0.05, 0) is 60.5 Å². The number of aliphatic hydroxyl groups is 1. The summed E-state index contributed by atoms with van der Waals surface area (Å²) in [6, 6.07) is 14.6. The molecule has 0 aliphatic carbocycles. The highest BCUT2D eigenvalue weighted by molar-refractivity contribution is 6.46. The Morgan fingerprint density at radius 2 is 1.78 bits per heavy atom. The molecule has 2 aromatic carbocycles. The van der Waals surface area contributed by atoms with Gasteiger partial charge in [0.1, 0.15) is 23.0 Å². The van der Waals surface area contributed by atoms with Gasteiger partial charge in [0.15, 0.2) is 0 Å². The van der Waals surface area contributed by atoms with Crippen LogP contribution < -0.4 is 14.2 Å². The van der Waals surface area contributed by atoms with Crippen LogP contribution in [0.5, 0.6) is 17.2 Å². The molecule has 1 N–H and O–H groups in total. The number of pyridine rings is 1. The number of aliphatic hydroxyl groups excluding tert-OH is 1. The molecule has 36 heavy (non-hydrogen) atoms. The van der Waals surface area contributed by atoms with E-state index in [2.05, 4.69) is 4.98 Å². The average molecular weight is 489 g/mol. The molecule has 1 aliphatic heterocycles. The van der Waals surface area contributed by atoms with E-state index in [-0.39, 0.29) is 17.9 Å². The van der Waals surface area contributed by atoms with E-state index in [4.69, 9.17) is 14.2 Å². The molecule has 8 nitrogen and oxygen atoms in total. The highest BCUT2D eigenvalue weighted by Gasteiger charge is 2.47. The number of ether oxygens (including phenoxy) is 3. The largest absolute Gasteiger partial charge is 0.507 e. The van der Waals surface area contributed by atoms with Gasteiger partial charge >= 0.3 is 0 Å². The highest BCUT2D eigenvalue weighted by Crippen LogP contribution is 2.44. The van der Waals surface area contributed by atoms with Crippen LogP contribution >= 0.6 is 0 Å². The molecule has 2 heterocycles. The first-order valence-corrected chi connectivity index (χ1v) is 11.6. The standard InChI is InChI=1S/C28H28N2O6/c1-4-14-36-20-9-7-19(8-10-20)26(31)24-25(22-15-21(34-2)11-12-23(22)35-3)30(28(33)27(24)32)17-18-6-5-13-29-16-18/h5-13,15-16,25,31H,4,14,17H2,1-3H3/t25-/m1/s1. The zero-order valence-electron chi connectivity index (χ0n) is 20.4. The maximum atomic E-state index is 13.3. The van der Waals surface area contributed by atoms with Crippen molar-refractivity contribution in [1.82, 2.24) is 9.88 Å². The molecule has 1 saturated heterocycles. The SMILES string of the molecule is CCCOc1ccc(C(O)=C2C(=O)C(=O)N(Cc3cccnc3)[C@@H]2c2cc(OC)ccc2OC)cc1. The van der Waals surface area contributed by atoms with Gasteiger partial charge in [0, 0.05) is 30.1 Å². The van der Waals surface area contributed by atoms with E-state index in [1.54, 1.807) is 60.9 Å². The van der Waals surface area contributed by atoms with Gasteiger partial charge in [-0.25, -0.2) is 0 Å². The molecule has 1 atom stereocenters. The summed E-state index contributed by atoms with van der Waals surface area (Å²) in [5.74, 6) is -0.158. The minimum Gasteiger partial charge on any atom is -0.507 e. The Balaban J connectivity index is 1.86. The lowest BCUT2D eigenvalue weighted by Gasteiger charge is -2.27. The summed E-state index contributed by atoms with van der Waals surface area (Å²) in [6.07, 6.45) is 4.13. The number of carbonyl (C=O) groups is 2. The summed E-state index contributed by atoms with van der Waals surface area (Å²) in [4.78, 5) is 32.2. The number of methoxy groups -OCH3 is 2. The topological polar surface area (TPSA) is 98.2 Å². The smallest absolute Gasteiger partial charge is 0.295 e. The first-order valence-electron chi connectivity index (χ1n) is 11.6. The van der Waals surface area contributed by atoms with Gasteiger partial charge in [0.25, 0.3) is 11.7 Å². The molecule has 0 radical (unpaired) electrons. The lowest BCUT2D eigenvalue weighted by atomic mass is 9.94. The zero-order valence-corrected chi connectivity index (χ0v) is 20.4. The second-order valence-corrected chi connectivity index (χ2v) is 8.27. The van der Waals surface area contributed by atoms with Crippen LogP contribution in [0.25, 0.3) is 5.76 Å². The first-order chi connectivity index (χ1) is 17.5. The molecule has 0 bridgehead atoms. The molecule has 0 unspecified atom stereocenters. The predicted octanol–water partition coefficient (Wildman–Crippen LogP) is 4.51. The van der Waals surface area contributed by atoms with Crippen molar-refractivity contribution in [2.45, 2.75) is 25.9 Å². The minimum absolute atomic E-state index is 0.0299. The van der Waals surface area contributed by atoms with E-state index >= 15 is 0 Å². The lowest BCUT2D eigenvalue weighted by molar-refractivity contribution is -0.140. The van der Waals surface area contributed by atoms with Crippen molar-refractivity contribution in [3.63, 3.8) is 0 Å². The number of hydrogen-bond donors (Lipinski definition) is 1. The number of nitrogens with zero attached hydrogens (tertiary/aromatic N) is 2. The second kappa shape index (κ2) is 10.9. The third-order valence-electron chi connectivity index (χ3n) is 5.95. The highest BCUT2D eigenvalue weighted by atomic mass is 16.5. The monoisotopic (exact) mass is 488 g/mol. The molecule has 1 aromatic heterocycles. The third kappa shape index (κ3) is 4.88. The number of carbonyl (C=O) groups excluding carboxylic acids is 2. The maximum absolute atomic E-state index is 13.3. The fraction of sp³-hybridized carbons (Fsp3) is 0.250. The van der Waals surface area contributed by atoms with E-state index in [1.165, 1.54) is 19.1 Å². The fourth-order valence-corrected chi connectivity index (χ4v) is 4.19. The quantitative estimate of drug-likeness (QED) is 0.269. The molecule has 1 aliphatic rings. The van der Waals surface area contributed by atoms with Crippen molar-refractivity contribution in [1.29, 1.82) is 0 Å². The van der Waals surface area contributed by atoms with Crippen molar-refractivity contribution in [3.05, 3.63) is 89.3 Å². The van der Waals surface area contributed by atoms with Crippen LogP contribution in [0, 0.1) is 0 Å². The van der Waals surface area contributed by atoms with Gasteiger partial charge in [-0.3, -0.25) is 14.6 Å². The van der Waals surface area contributed by atoms with Gasteiger partial charge < -0.3 is 24.2 Å². The van der Waals surface area contributed by atoms with Gasteiger partial charge in [0.2, 0.25) is 0 Å². The van der Waals surface area contributed by atoms with Crippen LogP contribution in [-0.4, -0.2) is 47.5 Å². The van der Waals surface area contributed by atoms with Crippen LogP contribution in [0.1, 0.15) is 36.1 Å². The normalized spacial score (nSPS) is 16.8. The second-order valence-electron chi connectivity index (χ2n) is 8.27. The van der Waals surface area contributed by atoms with Gasteiger partial charge in [-0.15, -0.1) is 0 Å². The van der Waals surface area contributed by atoms with Crippen LogP contribution in [0.3, 0.4) is 0 Å². The summed E-state index contributed by atoms with van der Waals surface area (Å²) in [7, 11) is 3.04. The van der Waals surface area contributed by atoms with Crippen LogP contribution in [-0.2, 0) is 16.1 Å². The fourth-order valence-electron chi connectivity index (χ4n) is 4.19. The van der Waals surface area contributed by atoms with Crippen molar-refractivity contribution in [2.75, 3.05) is 20.8 Å². The summed E-state index contributed by atoms with van der Waals surface area (Å²) >= 11 is 0.